The van der Waals surface area contributed by atoms with Gasteiger partial charge in [-0.15, -0.1) is 0 Å². The molecule has 0 radical (unpaired) electrons. The van der Waals surface area contributed by atoms with Crippen molar-refractivity contribution in [2.45, 2.75) is 20.0 Å². The van der Waals surface area contributed by atoms with E-state index in [4.69, 9.17) is 10.00 Å². The van der Waals surface area contributed by atoms with Gasteiger partial charge >= 0.3 is 0 Å². The summed E-state index contributed by atoms with van der Waals surface area (Å²) in [7, 11) is 0. The third-order valence-electron chi connectivity index (χ3n) is 3.51. The third-order valence-corrected chi connectivity index (χ3v) is 3.51. The fourth-order valence-corrected chi connectivity index (χ4v) is 2.45. The first-order valence-corrected chi connectivity index (χ1v) is 6.96. The highest BCUT2D eigenvalue weighted by Crippen LogP contribution is 2.31. The number of hydrogen-bond acceptors (Lipinski definition) is 2. The molecule has 2 heteroatoms. The largest absolute Gasteiger partial charge is 0.493 e. The van der Waals surface area contributed by atoms with Crippen LogP contribution in [0.5, 0.6) is 0 Å². The predicted molar refractivity (Wildman–Crippen MR) is 80.5 cm³/mol. The summed E-state index contributed by atoms with van der Waals surface area (Å²) < 4.78 is 5.98. The summed E-state index contributed by atoms with van der Waals surface area (Å²) in [5, 5.41) is 8.67. The second-order valence-electron chi connectivity index (χ2n) is 4.81. The zero-order valence-corrected chi connectivity index (χ0v) is 11.7. The summed E-state index contributed by atoms with van der Waals surface area (Å²) in [6.45, 7) is 2.74. The van der Waals surface area contributed by atoms with Crippen LogP contribution < -0.4 is 0 Å². The van der Waals surface area contributed by atoms with Crippen molar-refractivity contribution < 1.29 is 4.74 Å². The van der Waals surface area contributed by atoms with Crippen molar-refractivity contribution in [1.29, 1.82) is 5.26 Å². The number of ether oxygens (including phenoxy) is 1. The highest BCUT2D eigenvalue weighted by atomic mass is 16.5. The molecule has 0 heterocycles. The summed E-state index contributed by atoms with van der Waals surface area (Å²) in [6.07, 6.45) is 10.7. The van der Waals surface area contributed by atoms with Gasteiger partial charge in [0, 0.05) is 17.9 Å². The zero-order valence-electron chi connectivity index (χ0n) is 11.7. The Balaban J connectivity index is 2.03. The Labute approximate surface area is 120 Å². The van der Waals surface area contributed by atoms with Crippen LogP contribution >= 0.6 is 0 Å². The first kappa shape index (κ1) is 14.1. The van der Waals surface area contributed by atoms with E-state index in [0.29, 0.717) is 12.5 Å². The van der Waals surface area contributed by atoms with Gasteiger partial charge in [-0.3, -0.25) is 0 Å². The number of nitriles is 1. The minimum atomic E-state index is 0.246. The summed E-state index contributed by atoms with van der Waals surface area (Å²) in [6, 6.07) is 12.2. The maximum Gasteiger partial charge on any atom is 0.113 e. The van der Waals surface area contributed by atoms with Gasteiger partial charge < -0.3 is 4.74 Å². The van der Waals surface area contributed by atoms with Crippen molar-refractivity contribution in [2.24, 2.45) is 11.8 Å². The zero-order chi connectivity index (χ0) is 14.2. The lowest BCUT2D eigenvalue weighted by molar-refractivity contribution is 0.152. The minimum Gasteiger partial charge on any atom is -0.493 e. The number of rotatable bonds is 5. The molecule has 0 aliphatic heterocycles. The minimum absolute atomic E-state index is 0.246. The highest BCUT2D eigenvalue weighted by molar-refractivity contribution is 5.24. The van der Waals surface area contributed by atoms with E-state index in [1.165, 1.54) is 5.56 Å². The summed E-state index contributed by atoms with van der Waals surface area (Å²) in [5.74, 6) is 1.56. The molecule has 2 unspecified atom stereocenters. The molecule has 1 aromatic rings. The molecule has 0 saturated heterocycles. The van der Waals surface area contributed by atoms with Crippen LogP contribution in [0.25, 0.3) is 0 Å². The molecule has 1 aliphatic rings. The predicted octanol–water partition coefficient (Wildman–Crippen LogP) is 4.38. The smallest absolute Gasteiger partial charge is 0.113 e. The van der Waals surface area contributed by atoms with Crippen molar-refractivity contribution >= 4 is 0 Å². The monoisotopic (exact) mass is 265 g/mol. The van der Waals surface area contributed by atoms with E-state index in [1.54, 1.807) is 6.08 Å². The molecule has 102 valence electrons. The van der Waals surface area contributed by atoms with Gasteiger partial charge in [-0.2, -0.15) is 5.26 Å². The van der Waals surface area contributed by atoms with Crippen LogP contribution in [-0.2, 0) is 11.3 Å². The van der Waals surface area contributed by atoms with Crippen LogP contribution in [0.4, 0.5) is 0 Å². The van der Waals surface area contributed by atoms with E-state index in [0.717, 1.165) is 12.2 Å². The van der Waals surface area contributed by atoms with Gasteiger partial charge in [0.15, 0.2) is 0 Å². The average Bonchev–Trinajstić information content (AvgIpc) is 2.51. The molecule has 0 spiro atoms. The Morgan fingerprint density at radius 1 is 1.30 bits per heavy atom. The van der Waals surface area contributed by atoms with Gasteiger partial charge in [0.25, 0.3) is 0 Å². The fraction of sp³-hybridized carbons (Fsp3) is 0.278. The number of allylic oxidation sites excluding steroid dienone is 6. The van der Waals surface area contributed by atoms with Crippen molar-refractivity contribution in [1.82, 2.24) is 0 Å². The fourth-order valence-electron chi connectivity index (χ4n) is 2.45. The molecule has 0 amide bonds. The van der Waals surface area contributed by atoms with Crippen LogP contribution in [-0.4, -0.2) is 0 Å². The lowest BCUT2D eigenvalue weighted by atomic mass is 9.84. The number of benzene rings is 1. The summed E-state index contributed by atoms with van der Waals surface area (Å²) in [4.78, 5) is 0. The van der Waals surface area contributed by atoms with Crippen LogP contribution in [0.1, 0.15) is 18.9 Å². The third kappa shape index (κ3) is 3.61. The second-order valence-corrected chi connectivity index (χ2v) is 4.81. The van der Waals surface area contributed by atoms with Gasteiger partial charge in [0.2, 0.25) is 0 Å². The van der Waals surface area contributed by atoms with E-state index < -0.39 is 0 Å². The van der Waals surface area contributed by atoms with Gasteiger partial charge in [-0.1, -0.05) is 55.5 Å². The molecule has 2 nitrogen and oxygen atoms in total. The highest BCUT2D eigenvalue weighted by Gasteiger charge is 2.23. The molecule has 0 saturated carbocycles. The van der Waals surface area contributed by atoms with Crippen LogP contribution in [0.3, 0.4) is 0 Å². The van der Waals surface area contributed by atoms with Crippen LogP contribution in [0, 0.1) is 23.2 Å². The van der Waals surface area contributed by atoms with Crippen molar-refractivity contribution in [2.75, 3.05) is 0 Å². The normalized spacial score (nSPS) is 21.5. The molecule has 1 aliphatic carbocycles. The topological polar surface area (TPSA) is 33.0 Å². The standard InChI is InChI=1S/C18H19NO/c1-2-17-16(11-7-13-19)10-6-12-18(17)20-14-15-8-4-3-5-9-15/h3-12,16-17H,2,14H2,1H3. The van der Waals surface area contributed by atoms with Crippen molar-refractivity contribution in [3.63, 3.8) is 0 Å². The molecule has 0 N–H and O–H groups in total. The Morgan fingerprint density at radius 3 is 2.80 bits per heavy atom. The second kappa shape index (κ2) is 7.35. The van der Waals surface area contributed by atoms with E-state index >= 15 is 0 Å². The van der Waals surface area contributed by atoms with Gasteiger partial charge in [-0.05, 0) is 18.1 Å². The average molecular weight is 265 g/mol. The van der Waals surface area contributed by atoms with E-state index in [1.807, 2.05) is 36.4 Å². The molecule has 20 heavy (non-hydrogen) atoms. The van der Waals surface area contributed by atoms with Gasteiger partial charge in [0.05, 0.1) is 6.07 Å². The molecular weight excluding hydrogens is 246 g/mol. The van der Waals surface area contributed by atoms with E-state index in [2.05, 4.69) is 31.2 Å². The number of nitrogens with zero attached hydrogens (tertiary/aromatic N) is 1. The van der Waals surface area contributed by atoms with Crippen molar-refractivity contribution in [3.8, 4) is 6.07 Å². The summed E-state index contributed by atoms with van der Waals surface area (Å²) in [5.41, 5.74) is 1.17. The first-order valence-electron chi connectivity index (χ1n) is 6.96. The molecule has 0 aromatic heterocycles. The molecule has 1 aromatic carbocycles. The molecular formula is C18H19NO. The lowest BCUT2D eigenvalue weighted by Gasteiger charge is -2.26. The van der Waals surface area contributed by atoms with Crippen molar-refractivity contribution in [3.05, 3.63) is 72.0 Å². The summed E-state index contributed by atoms with van der Waals surface area (Å²) >= 11 is 0. The molecule has 0 fully saturated rings. The molecule has 0 bridgehead atoms. The van der Waals surface area contributed by atoms with E-state index in [-0.39, 0.29) is 5.92 Å². The quantitative estimate of drug-likeness (QED) is 0.740. The maximum absolute atomic E-state index is 8.67. The Bertz CT molecular complexity index is 549. The van der Waals surface area contributed by atoms with Gasteiger partial charge in [0.1, 0.15) is 12.4 Å². The molecule has 2 atom stereocenters. The Hall–Kier alpha value is -2.27. The lowest BCUT2D eigenvalue weighted by Crippen LogP contribution is -2.17. The van der Waals surface area contributed by atoms with Crippen LogP contribution in [0.2, 0.25) is 0 Å². The number of hydrogen-bond donors (Lipinski definition) is 0. The van der Waals surface area contributed by atoms with E-state index in [9.17, 15) is 0 Å². The maximum atomic E-state index is 8.67. The SMILES string of the molecule is CCC1C(OCc2ccccc2)=CC=CC1C=CC#N. The molecule has 2 rings (SSSR count). The first-order chi connectivity index (χ1) is 9.85. The Morgan fingerprint density at radius 2 is 2.10 bits per heavy atom. The van der Waals surface area contributed by atoms with Crippen LogP contribution in [0.15, 0.2) is 66.5 Å². The van der Waals surface area contributed by atoms with Gasteiger partial charge in [-0.25, -0.2) is 0 Å². The Kier molecular flexibility index (Phi) is 5.20.